The highest BCUT2D eigenvalue weighted by molar-refractivity contribution is 5.59. The van der Waals surface area contributed by atoms with Crippen LogP contribution in [0.5, 0.6) is 0 Å². The Labute approximate surface area is 111 Å². The number of benzene rings is 1. The zero-order valence-corrected chi connectivity index (χ0v) is 10.8. The van der Waals surface area contributed by atoms with Crippen LogP contribution in [0, 0.1) is 11.7 Å². The first-order valence-electron chi connectivity index (χ1n) is 6.22. The van der Waals surface area contributed by atoms with Crippen molar-refractivity contribution in [1.82, 2.24) is 10.2 Å². The summed E-state index contributed by atoms with van der Waals surface area (Å²) in [6.07, 6.45) is 0. The van der Waals surface area contributed by atoms with Gasteiger partial charge in [0.2, 0.25) is 0 Å². The lowest BCUT2D eigenvalue weighted by Crippen LogP contribution is -2.20. The van der Waals surface area contributed by atoms with E-state index in [0.29, 0.717) is 24.0 Å². The van der Waals surface area contributed by atoms with Crippen LogP contribution in [-0.4, -0.2) is 23.3 Å². The molecule has 4 nitrogen and oxygen atoms in total. The minimum atomic E-state index is -0.279. The van der Waals surface area contributed by atoms with Crippen LogP contribution in [0.4, 0.5) is 10.2 Å². The zero-order chi connectivity index (χ0) is 13.7. The van der Waals surface area contributed by atoms with Crippen molar-refractivity contribution in [2.24, 2.45) is 11.7 Å². The van der Waals surface area contributed by atoms with Gasteiger partial charge in [-0.1, -0.05) is 19.1 Å². The van der Waals surface area contributed by atoms with E-state index in [1.807, 2.05) is 12.1 Å². The van der Waals surface area contributed by atoms with Gasteiger partial charge in [-0.2, -0.15) is 0 Å². The Morgan fingerprint density at radius 1 is 1.26 bits per heavy atom. The molecule has 1 heterocycles. The standard InChI is InChI=1S/C14H17FN4/c1-10(8-16)9-17-14-6-5-13(18-19-14)11-3-2-4-12(15)7-11/h2-7,10H,8-9,16H2,1H3,(H,17,19). The molecule has 1 unspecified atom stereocenters. The van der Waals surface area contributed by atoms with Crippen molar-refractivity contribution in [2.75, 3.05) is 18.4 Å². The molecule has 5 heteroatoms. The molecule has 2 rings (SSSR count). The topological polar surface area (TPSA) is 63.8 Å². The summed E-state index contributed by atoms with van der Waals surface area (Å²) < 4.78 is 13.1. The van der Waals surface area contributed by atoms with Gasteiger partial charge < -0.3 is 11.1 Å². The highest BCUT2D eigenvalue weighted by atomic mass is 19.1. The van der Waals surface area contributed by atoms with Gasteiger partial charge >= 0.3 is 0 Å². The second-order valence-electron chi connectivity index (χ2n) is 4.54. The van der Waals surface area contributed by atoms with Crippen LogP contribution in [0.25, 0.3) is 11.3 Å². The monoisotopic (exact) mass is 260 g/mol. The van der Waals surface area contributed by atoms with Crippen molar-refractivity contribution in [2.45, 2.75) is 6.92 Å². The SMILES string of the molecule is CC(CN)CNc1ccc(-c2cccc(F)c2)nn1. The van der Waals surface area contributed by atoms with E-state index in [0.717, 1.165) is 12.1 Å². The lowest BCUT2D eigenvalue weighted by molar-refractivity contribution is 0.626. The number of hydrogen-bond acceptors (Lipinski definition) is 4. The van der Waals surface area contributed by atoms with Crippen molar-refractivity contribution >= 4 is 5.82 Å². The Hall–Kier alpha value is -2.01. The molecule has 0 aliphatic rings. The van der Waals surface area contributed by atoms with Gasteiger partial charge in [0, 0.05) is 12.1 Å². The number of halogens is 1. The Bertz CT molecular complexity index is 527. The third kappa shape index (κ3) is 3.72. The number of nitrogens with zero attached hydrogens (tertiary/aromatic N) is 2. The van der Waals surface area contributed by atoms with Crippen LogP contribution in [-0.2, 0) is 0 Å². The molecule has 19 heavy (non-hydrogen) atoms. The molecular formula is C14H17FN4. The number of hydrogen-bond donors (Lipinski definition) is 2. The van der Waals surface area contributed by atoms with Crippen LogP contribution >= 0.6 is 0 Å². The van der Waals surface area contributed by atoms with Crippen molar-refractivity contribution in [1.29, 1.82) is 0 Å². The summed E-state index contributed by atoms with van der Waals surface area (Å²) >= 11 is 0. The molecule has 1 atom stereocenters. The maximum absolute atomic E-state index is 13.1. The predicted octanol–water partition coefficient (Wildman–Crippen LogP) is 2.29. The second kappa shape index (κ2) is 6.24. The fourth-order valence-electron chi connectivity index (χ4n) is 1.59. The molecule has 0 bridgehead atoms. The quantitative estimate of drug-likeness (QED) is 0.865. The van der Waals surface area contributed by atoms with E-state index >= 15 is 0 Å². The Kier molecular flexibility index (Phi) is 4.41. The lowest BCUT2D eigenvalue weighted by Gasteiger charge is -2.10. The minimum absolute atomic E-state index is 0.279. The maximum atomic E-state index is 13.1. The normalized spacial score (nSPS) is 12.2. The molecule has 0 aliphatic carbocycles. The van der Waals surface area contributed by atoms with Gasteiger partial charge in [-0.05, 0) is 36.7 Å². The number of anilines is 1. The molecule has 0 spiro atoms. The largest absolute Gasteiger partial charge is 0.368 e. The van der Waals surface area contributed by atoms with Crippen molar-refractivity contribution in [3.8, 4) is 11.3 Å². The summed E-state index contributed by atoms with van der Waals surface area (Å²) in [5, 5.41) is 11.3. The van der Waals surface area contributed by atoms with Gasteiger partial charge in [0.25, 0.3) is 0 Å². The first kappa shape index (κ1) is 13.4. The number of rotatable bonds is 5. The van der Waals surface area contributed by atoms with E-state index in [9.17, 15) is 4.39 Å². The molecule has 100 valence electrons. The molecule has 0 saturated carbocycles. The van der Waals surface area contributed by atoms with E-state index in [1.165, 1.54) is 12.1 Å². The number of nitrogens with one attached hydrogen (secondary N) is 1. The number of aromatic nitrogens is 2. The van der Waals surface area contributed by atoms with Crippen LogP contribution in [0.3, 0.4) is 0 Å². The molecule has 0 amide bonds. The Balaban J connectivity index is 2.06. The van der Waals surface area contributed by atoms with Crippen LogP contribution in [0.1, 0.15) is 6.92 Å². The van der Waals surface area contributed by atoms with Crippen molar-refractivity contribution in [3.63, 3.8) is 0 Å². The molecule has 0 saturated heterocycles. The van der Waals surface area contributed by atoms with E-state index in [1.54, 1.807) is 12.1 Å². The molecule has 0 aliphatic heterocycles. The minimum Gasteiger partial charge on any atom is -0.368 e. The predicted molar refractivity (Wildman–Crippen MR) is 74.1 cm³/mol. The van der Waals surface area contributed by atoms with E-state index < -0.39 is 0 Å². The van der Waals surface area contributed by atoms with Crippen LogP contribution < -0.4 is 11.1 Å². The van der Waals surface area contributed by atoms with Gasteiger partial charge in [-0.15, -0.1) is 10.2 Å². The van der Waals surface area contributed by atoms with Crippen LogP contribution in [0.2, 0.25) is 0 Å². The third-order valence-corrected chi connectivity index (χ3v) is 2.82. The van der Waals surface area contributed by atoms with Gasteiger partial charge in [-0.25, -0.2) is 4.39 Å². The van der Waals surface area contributed by atoms with Gasteiger partial charge in [0.15, 0.2) is 0 Å². The summed E-state index contributed by atoms with van der Waals surface area (Å²) in [5.41, 5.74) is 6.91. The molecule has 2 aromatic rings. The van der Waals surface area contributed by atoms with E-state index in [4.69, 9.17) is 5.73 Å². The fraction of sp³-hybridized carbons (Fsp3) is 0.286. The molecule has 3 N–H and O–H groups in total. The Morgan fingerprint density at radius 2 is 2.11 bits per heavy atom. The Morgan fingerprint density at radius 3 is 2.74 bits per heavy atom. The highest BCUT2D eigenvalue weighted by Crippen LogP contribution is 2.17. The molecule has 1 aromatic heterocycles. The second-order valence-corrected chi connectivity index (χ2v) is 4.54. The van der Waals surface area contributed by atoms with E-state index in [2.05, 4.69) is 22.4 Å². The first-order chi connectivity index (χ1) is 9.19. The zero-order valence-electron chi connectivity index (χ0n) is 10.8. The maximum Gasteiger partial charge on any atom is 0.148 e. The molecular weight excluding hydrogens is 243 g/mol. The van der Waals surface area contributed by atoms with Gasteiger partial charge in [0.1, 0.15) is 11.6 Å². The summed E-state index contributed by atoms with van der Waals surface area (Å²) in [6, 6.07) is 9.94. The summed E-state index contributed by atoms with van der Waals surface area (Å²) in [7, 11) is 0. The smallest absolute Gasteiger partial charge is 0.148 e. The summed E-state index contributed by atoms with van der Waals surface area (Å²) in [5.74, 6) is 0.795. The summed E-state index contributed by atoms with van der Waals surface area (Å²) in [6.45, 7) is 3.44. The highest BCUT2D eigenvalue weighted by Gasteiger charge is 2.03. The van der Waals surface area contributed by atoms with Crippen LogP contribution in [0.15, 0.2) is 36.4 Å². The van der Waals surface area contributed by atoms with Gasteiger partial charge in [-0.3, -0.25) is 0 Å². The first-order valence-corrected chi connectivity index (χ1v) is 6.22. The van der Waals surface area contributed by atoms with Gasteiger partial charge in [0.05, 0.1) is 5.69 Å². The lowest BCUT2D eigenvalue weighted by atomic mass is 10.1. The summed E-state index contributed by atoms with van der Waals surface area (Å²) in [4.78, 5) is 0. The van der Waals surface area contributed by atoms with E-state index in [-0.39, 0.29) is 5.82 Å². The third-order valence-electron chi connectivity index (χ3n) is 2.82. The number of nitrogens with two attached hydrogens (primary N) is 1. The average Bonchev–Trinajstić information content (AvgIpc) is 2.45. The van der Waals surface area contributed by atoms with Crippen molar-refractivity contribution in [3.05, 3.63) is 42.2 Å². The molecule has 0 radical (unpaired) electrons. The fourth-order valence-corrected chi connectivity index (χ4v) is 1.59. The molecule has 0 fully saturated rings. The van der Waals surface area contributed by atoms with Crippen molar-refractivity contribution < 1.29 is 4.39 Å². The average molecular weight is 260 g/mol. The molecule has 1 aromatic carbocycles.